The number of benzene rings is 1. The average Bonchev–Trinajstić information content (AvgIpc) is 2.37. The number of amides is 1. The highest BCUT2D eigenvalue weighted by atomic mass is 16.2. The Morgan fingerprint density at radius 1 is 1.29 bits per heavy atom. The van der Waals surface area contributed by atoms with Crippen molar-refractivity contribution in [2.75, 3.05) is 0 Å². The lowest BCUT2D eigenvalue weighted by molar-refractivity contribution is -0.123. The van der Waals surface area contributed by atoms with Crippen LogP contribution < -0.4 is 16.8 Å². The highest BCUT2D eigenvalue weighted by Gasteiger charge is 2.16. The molecule has 0 bridgehead atoms. The first-order chi connectivity index (χ1) is 8.15. The molecular weight excluding hydrogens is 218 g/mol. The Balaban J connectivity index is 2.71. The molecule has 17 heavy (non-hydrogen) atoms. The maximum absolute atomic E-state index is 11.8. The second-order valence-electron chi connectivity index (χ2n) is 3.78. The number of rotatable bonds is 2. The molecule has 1 heterocycles. The predicted octanol–water partition coefficient (Wildman–Crippen LogP) is 0.552. The first-order valence-corrected chi connectivity index (χ1v) is 5.26. The number of para-hydroxylation sites is 1. The molecule has 1 aromatic carbocycles. The van der Waals surface area contributed by atoms with Crippen LogP contribution in [0, 0.1) is 0 Å². The van der Waals surface area contributed by atoms with E-state index in [4.69, 9.17) is 5.84 Å². The first kappa shape index (κ1) is 11.3. The van der Waals surface area contributed by atoms with Crippen molar-refractivity contribution in [1.82, 2.24) is 9.99 Å². The maximum atomic E-state index is 11.8. The molecule has 1 amide bonds. The van der Waals surface area contributed by atoms with Gasteiger partial charge in [0.15, 0.2) is 0 Å². The number of nitrogens with two attached hydrogens (primary N) is 1. The Labute approximate surface area is 97.8 Å². The van der Waals surface area contributed by atoms with E-state index in [1.807, 2.05) is 18.2 Å². The lowest BCUT2D eigenvalue weighted by Gasteiger charge is -2.16. The number of hydrogen-bond acceptors (Lipinski definition) is 3. The van der Waals surface area contributed by atoms with Crippen LogP contribution in [0.25, 0.3) is 10.9 Å². The molecule has 88 valence electrons. The van der Waals surface area contributed by atoms with Gasteiger partial charge in [0.1, 0.15) is 6.04 Å². The topological polar surface area (TPSA) is 77.1 Å². The average molecular weight is 231 g/mol. The third kappa shape index (κ3) is 1.92. The summed E-state index contributed by atoms with van der Waals surface area (Å²) in [5.41, 5.74) is 2.55. The van der Waals surface area contributed by atoms with Crippen LogP contribution in [0.5, 0.6) is 0 Å². The Morgan fingerprint density at radius 3 is 2.71 bits per heavy atom. The summed E-state index contributed by atoms with van der Waals surface area (Å²) in [6.45, 7) is 1.63. The summed E-state index contributed by atoms with van der Waals surface area (Å²) in [4.78, 5) is 23.3. The standard InChI is InChI=1S/C12H13N3O2/c1-8(12(17)14-13)15-10-5-3-2-4-9(10)6-7-11(15)16/h2-8H,13H2,1H3,(H,14,17). The number of aromatic nitrogens is 1. The van der Waals surface area contributed by atoms with Crippen LogP contribution in [0.15, 0.2) is 41.2 Å². The summed E-state index contributed by atoms with van der Waals surface area (Å²) in [6, 6.07) is 9.94. The highest BCUT2D eigenvalue weighted by molar-refractivity contribution is 5.84. The fourth-order valence-electron chi connectivity index (χ4n) is 1.85. The minimum absolute atomic E-state index is 0.222. The number of carbonyl (C=O) groups excluding carboxylic acids is 1. The van der Waals surface area contributed by atoms with Crippen LogP contribution in [0.3, 0.4) is 0 Å². The molecule has 3 N–H and O–H groups in total. The van der Waals surface area contributed by atoms with Crippen molar-refractivity contribution in [2.24, 2.45) is 5.84 Å². The molecule has 5 heteroatoms. The largest absolute Gasteiger partial charge is 0.296 e. The summed E-state index contributed by atoms with van der Waals surface area (Å²) < 4.78 is 1.43. The minimum atomic E-state index is -0.640. The molecular formula is C12H13N3O2. The predicted molar refractivity (Wildman–Crippen MR) is 65.2 cm³/mol. The number of hydrogen-bond donors (Lipinski definition) is 2. The van der Waals surface area contributed by atoms with Gasteiger partial charge in [-0.2, -0.15) is 0 Å². The van der Waals surface area contributed by atoms with E-state index in [1.165, 1.54) is 10.6 Å². The van der Waals surface area contributed by atoms with Crippen LogP contribution in [-0.4, -0.2) is 10.5 Å². The fourth-order valence-corrected chi connectivity index (χ4v) is 1.85. The Hall–Kier alpha value is -2.14. The van der Waals surface area contributed by atoms with Gasteiger partial charge in [0, 0.05) is 6.07 Å². The molecule has 0 spiro atoms. The van der Waals surface area contributed by atoms with Gasteiger partial charge in [-0.3, -0.25) is 19.6 Å². The molecule has 5 nitrogen and oxygen atoms in total. The zero-order valence-corrected chi connectivity index (χ0v) is 9.38. The third-order valence-electron chi connectivity index (χ3n) is 2.75. The first-order valence-electron chi connectivity index (χ1n) is 5.26. The van der Waals surface area contributed by atoms with Crippen LogP contribution >= 0.6 is 0 Å². The van der Waals surface area contributed by atoms with Crippen LogP contribution in [0.4, 0.5) is 0 Å². The molecule has 2 rings (SSSR count). The van der Waals surface area contributed by atoms with Crippen LogP contribution in [-0.2, 0) is 4.79 Å². The fraction of sp³-hybridized carbons (Fsp3) is 0.167. The van der Waals surface area contributed by atoms with Gasteiger partial charge in [0.05, 0.1) is 5.52 Å². The number of nitrogens with one attached hydrogen (secondary N) is 1. The van der Waals surface area contributed by atoms with E-state index in [0.717, 1.165) is 10.9 Å². The van der Waals surface area contributed by atoms with Gasteiger partial charge in [-0.05, 0) is 24.4 Å². The molecule has 0 fully saturated rings. The van der Waals surface area contributed by atoms with Crippen molar-refractivity contribution in [2.45, 2.75) is 13.0 Å². The highest BCUT2D eigenvalue weighted by Crippen LogP contribution is 2.15. The minimum Gasteiger partial charge on any atom is -0.296 e. The van der Waals surface area contributed by atoms with Crippen LogP contribution in [0.1, 0.15) is 13.0 Å². The van der Waals surface area contributed by atoms with Crippen molar-refractivity contribution in [3.63, 3.8) is 0 Å². The van der Waals surface area contributed by atoms with Gasteiger partial charge in [-0.15, -0.1) is 0 Å². The van der Waals surface area contributed by atoms with E-state index in [2.05, 4.69) is 5.43 Å². The zero-order chi connectivity index (χ0) is 12.4. The van der Waals surface area contributed by atoms with E-state index >= 15 is 0 Å². The summed E-state index contributed by atoms with van der Waals surface area (Å²) in [5, 5.41) is 0.906. The quantitative estimate of drug-likeness (QED) is 0.450. The lowest BCUT2D eigenvalue weighted by atomic mass is 10.2. The van der Waals surface area contributed by atoms with Gasteiger partial charge in [0.25, 0.3) is 11.5 Å². The molecule has 0 saturated heterocycles. The van der Waals surface area contributed by atoms with Crippen molar-refractivity contribution >= 4 is 16.8 Å². The van der Waals surface area contributed by atoms with E-state index in [1.54, 1.807) is 19.1 Å². The summed E-state index contributed by atoms with van der Waals surface area (Å²) >= 11 is 0. The van der Waals surface area contributed by atoms with Gasteiger partial charge < -0.3 is 0 Å². The maximum Gasteiger partial charge on any atom is 0.256 e. The van der Waals surface area contributed by atoms with E-state index in [-0.39, 0.29) is 5.56 Å². The van der Waals surface area contributed by atoms with Crippen LogP contribution in [0.2, 0.25) is 0 Å². The molecule has 2 aromatic rings. The lowest BCUT2D eigenvalue weighted by Crippen LogP contribution is -2.39. The van der Waals surface area contributed by atoms with E-state index in [9.17, 15) is 9.59 Å². The van der Waals surface area contributed by atoms with Crippen molar-refractivity contribution in [1.29, 1.82) is 0 Å². The zero-order valence-electron chi connectivity index (χ0n) is 9.38. The molecule has 0 aliphatic rings. The molecule has 1 aromatic heterocycles. The van der Waals surface area contributed by atoms with Gasteiger partial charge in [0.2, 0.25) is 0 Å². The normalized spacial score (nSPS) is 12.4. The van der Waals surface area contributed by atoms with Crippen molar-refractivity contribution < 1.29 is 4.79 Å². The molecule has 0 radical (unpaired) electrons. The van der Waals surface area contributed by atoms with E-state index in [0.29, 0.717) is 0 Å². The number of pyridine rings is 1. The Kier molecular flexibility index (Phi) is 2.93. The molecule has 0 aliphatic heterocycles. The number of carbonyl (C=O) groups is 1. The number of fused-ring (bicyclic) bond motifs is 1. The smallest absolute Gasteiger partial charge is 0.256 e. The summed E-state index contributed by atoms with van der Waals surface area (Å²) in [7, 11) is 0. The van der Waals surface area contributed by atoms with Crippen molar-refractivity contribution in [3.05, 3.63) is 46.8 Å². The van der Waals surface area contributed by atoms with Gasteiger partial charge in [-0.25, -0.2) is 5.84 Å². The number of hydrazine groups is 1. The van der Waals surface area contributed by atoms with Gasteiger partial charge >= 0.3 is 0 Å². The number of nitrogens with zero attached hydrogens (tertiary/aromatic N) is 1. The molecule has 1 unspecified atom stereocenters. The monoisotopic (exact) mass is 231 g/mol. The second-order valence-corrected chi connectivity index (χ2v) is 3.78. The molecule has 1 atom stereocenters. The van der Waals surface area contributed by atoms with Crippen molar-refractivity contribution in [3.8, 4) is 0 Å². The summed E-state index contributed by atoms with van der Waals surface area (Å²) in [6.07, 6.45) is 0. The second kappa shape index (κ2) is 4.39. The SMILES string of the molecule is CC(C(=O)NN)n1c(=O)ccc2ccccc21. The van der Waals surface area contributed by atoms with E-state index < -0.39 is 11.9 Å². The molecule has 0 saturated carbocycles. The third-order valence-corrected chi connectivity index (χ3v) is 2.75. The summed E-state index contributed by atoms with van der Waals surface area (Å²) in [5.74, 6) is 4.69. The Morgan fingerprint density at radius 2 is 2.00 bits per heavy atom. The molecule has 0 aliphatic carbocycles. The van der Waals surface area contributed by atoms with Gasteiger partial charge in [-0.1, -0.05) is 18.2 Å². The Bertz CT molecular complexity index is 618.